The van der Waals surface area contributed by atoms with Gasteiger partial charge in [0.25, 0.3) is 0 Å². The fraction of sp³-hybridized carbons (Fsp3) is 0.250. The molecule has 0 spiro atoms. The maximum absolute atomic E-state index is 12.8. The Hall–Kier alpha value is -3.45. The molecule has 0 atom stereocenters. The summed E-state index contributed by atoms with van der Waals surface area (Å²) >= 11 is 0. The Labute approximate surface area is 187 Å². The van der Waals surface area contributed by atoms with E-state index in [0.717, 1.165) is 24.3 Å². The molecular formula is C20H19F3N6O3S. The van der Waals surface area contributed by atoms with Gasteiger partial charge in [-0.05, 0) is 48.5 Å². The first-order chi connectivity index (χ1) is 15.7. The summed E-state index contributed by atoms with van der Waals surface area (Å²) in [4.78, 5) is 5.96. The third kappa shape index (κ3) is 5.68. The molecule has 0 radical (unpaired) electrons. The molecule has 0 unspecified atom stereocenters. The lowest BCUT2D eigenvalue weighted by Gasteiger charge is -2.34. The quantitative estimate of drug-likeness (QED) is 0.575. The Morgan fingerprint density at radius 3 is 2.18 bits per heavy atom. The van der Waals surface area contributed by atoms with Gasteiger partial charge in [-0.2, -0.15) is 4.31 Å². The number of aromatic nitrogens is 3. The van der Waals surface area contributed by atoms with Gasteiger partial charge in [-0.25, -0.2) is 13.4 Å². The molecule has 0 saturated carbocycles. The molecule has 0 amide bonds. The van der Waals surface area contributed by atoms with Crippen molar-refractivity contribution < 1.29 is 26.3 Å². The number of nitrogens with one attached hydrogen (secondary N) is 1. The average molecular weight is 480 g/mol. The number of sulfonamides is 1. The molecule has 9 nitrogen and oxygen atoms in total. The number of benzene rings is 1. The Kier molecular flexibility index (Phi) is 6.33. The zero-order valence-corrected chi connectivity index (χ0v) is 17.9. The van der Waals surface area contributed by atoms with Crippen molar-refractivity contribution in [3.8, 4) is 5.75 Å². The molecule has 0 aliphatic carbocycles. The zero-order chi connectivity index (χ0) is 23.5. The van der Waals surface area contributed by atoms with Gasteiger partial charge in [0.15, 0.2) is 11.6 Å². The monoisotopic (exact) mass is 480 g/mol. The summed E-state index contributed by atoms with van der Waals surface area (Å²) in [5.74, 6) is 1.28. The predicted molar refractivity (Wildman–Crippen MR) is 114 cm³/mol. The third-order valence-electron chi connectivity index (χ3n) is 4.83. The molecule has 0 bridgehead atoms. The van der Waals surface area contributed by atoms with E-state index >= 15 is 0 Å². The van der Waals surface area contributed by atoms with Gasteiger partial charge in [0.1, 0.15) is 11.6 Å². The van der Waals surface area contributed by atoms with Crippen LogP contribution in [-0.2, 0) is 10.0 Å². The Balaban J connectivity index is 1.36. The van der Waals surface area contributed by atoms with Crippen molar-refractivity contribution in [2.75, 3.05) is 36.4 Å². The van der Waals surface area contributed by atoms with Gasteiger partial charge in [-0.1, -0.05) is 6.07 Å². The number of anilines is 3. The summed E-state index contributed by atoms with van der Waals surface area (Å²) in [6.07, 6.45) is -3.19. The number of ether oxygens (including phenoxy) is 1. The van der Waals surface area contributed by atoms with Gasteiger partial charge in [0.05, 0.1) is 4.90 Å². The highest BCUT2D eigenvalue weighted by Gasteiger charge is 2.32. The fourth-order valence-corrected chi connectivity index (χ4v) is 4.67. The van der Waals surface area contributed by atoms with Crippen LogP contribution in [0.25, 0.3) is 0 Å². The standard InChI is InChI=1S/C20H19F3N6O3S/c21-20(22,23)32-15-4-6-16(7-5-15)33(30,31)29-13-11-28(12-14-29)19-9-8-18(26-27-19)25-17-3-1-2-10-24-17/h1-10H,11-14H2,(H,24,25,26). The van der Waals surface area contributed by atoms with E-state index in [1.807, 2.05) is 11.0 Å². The van der Waals surface area contributed by atoms with Crippen LogP contribution in [0.3, 0.4) is 0 Å². The average Bonchev–Trinajstić information content (AvgIpc) is 2.80. The van der Waals surface area contributed by atoms with E-state index in [1.54, 1.807) is 30.5 Å². The predicted octanol–water partition coefficient (Wildman–Crippen LogP) is 3.02. The Morgan fingerprint density at radius 2 is 1.61 bits per heavy atom. The summed E-state index contributed by atoms with van der Waals surface area (Å²) < 4.78 is 67.6. The van der Waals surface area contributed by atoms with E-state index in [2.05, 4.69) is 25.2 Å². The largest absolute Gasteiger partial charge is 0.573 e. The smallest absolute Gasteiger partial charge is 0.406 e. The fourth-order valence-electron chi connectivity index (χ4n) is 3.25. The minimum Gasteiger partial charge on any atom is -0.406 e. The van der Waals surface area contributed by atoms with E-state index < -0.39 is 22.1 Å². The number of rotatable bonds is 6. The van der Waals surface area contributed by atoms with Gasteiger partial charge in [-0.15, -0.1) is 23.4 Å². The lowest BCUT2D eigenvalue weighted by atomic mass is 10.3. The van der Waals surface area contributed by atoms with Crippen LogP contribution >= 0.6 is 0 Å². The van der Waals surface area contributed by atoms with E-state index in [-0.39, 0.29) is 18.0 Å². The van der Waals surface area contributed by atoms with Crippen molar-refractivity contribution in [2.24, 2.45) is 0 Å². The summed E-state index contributed by atoms with van der Waals surface area (Å²) in [5.41, 5.74) is 0. The molecule has 1 fully saturated rings. The van der Waals surface area contributed by atoms with Crippen LogP contribution in [0.5, 0.6) is 5.75 Å². The molecule has 1 N–H and O–H groups in total. The van der Waals surface area contributed by atoms with Gasteiger partial charge in [0.2, 0.25) is 10.0 Å². The lowest BCUT2D eigenvalue weighted by molar-refractivity contribution is -0.274. The summed E-state index contributed by atoms with van der Waals surface area (Å²) in [6, 6.07) is 13.1. The Bertz CT molecular complexity index is 1170. The van der Waals surface area contributed by atoms with E-state index in [0.29, 0.717) is 30.5 Å². The highest BCUT2D eigenvalue weighted by molar-refractivity contribution is 7.89. The van der Waals surface area contributed by atoms with Crippen molar-refractivity contribution in [2.45, 2.75) is 11.3 Å². The van der Waals surface area contributed by atoms with Crippen molar-refractivity contribution in [3.63, 3.8) is 0 Å². The molecule has 1 aliphatic rings. The highest BCUT2D eigenvalue weighted by atomic mass is 32.2. The second kappa shape index (κ2) is 9.19. The molecule has 13 heteroatoms. The second-order valence-electron chi connectivity index (χ2n) is 7.03. The summed E-state index contributed by atoms with van der Waals surface area (Å²) in [5, 5.41) is 11.4. The van der Waals surface area contributed by atoms with E-state index in [1.165, 1.54) is 4.31 Å². The van der Waals surface area contributed by atoms with Crippen LogP contribution in [0.15, 0.2) is 65.7 Å². The van der Waals surface area contributed by atoms with Gasteiger partial charge < -0.3 is 15.0 Å². The Morgan fingerprint density at radius 1 is 0.879 bits per heavy atom. The van der Waals surface area contributed by atoms with Crippen LogP contribution < -0.4 is 15.0 Å². The SMILES string of the molecule is O=S(=O)(c1ccc(OC(F)(F)F)cc1)N1CCN(c2ccc(Nc3ccccn3)nn2)CC1. The zero-order valence-electron chi connectivity index (χ0n) is 17.1. The van der Waals surface area contributed by atoms with Crippen LogP contribution in [0.4, 0.5) is 30.6 Å². The molecule has 2 aromatic heterocycles. The molecule has 174 valence electrons. The molecule has 3 heterocycles. The first-order valence-electron chi connectivity index (χ1n) is 9.83. The molecule has 1 aromatic carbocycles. The summed E-state index contributed by atoms with van der Waals surface area (Å²) in [6.45, 7) is 1.16. The number of pyridine rings is 1. The van der Waals surface area contributed by atoms with E-state index in [9.17, 15) is 21.6 Å². The minimum absolute atomic E-state index is 0.102. The molecule has 1 saturated heterocycles. The van der Waals surface area contributed by atoms with Crippen molar-refractivity contribution in [1.29, 1.82) is 0 Å². The number of halogens is 3. The molecule has 1 aliphatic heterocycles. The number of nitrogens with zero attached hydrogens (tertiary/aromatic N) is 5. The minimum atomic E-state index is -4.84. The van der Waals surface area contributed by atoms with Gasteiger partial charge >= 0.3 is 6.36 Å². The first kappa shape index (κ1) is 22.7. The molecule has 33 heavy (non-hydrogen) atoms. The normalized spacial score (nSPS) is 15.3. The highest BCUT2D eigenvalue weighted by Crippen LogP contribution is 2.26. The molecular weight excluding hydrogens is 461 g/mol. The first-order valence-corrected chi connectivity index (χ1v) is 11.3. The van der Waals surface area contributed by atoms with Crippen molar-refractivity contribution in [3.05, 3.63) is 60.8 Å². The van der Waals surface area contributed by atoms with Gasteiger partial charge in [-0.3, -0.25) is 0 Å². The number of alkyl halides is 3. The van der Waals surface area contributed by atoms with Crippen LogP contribution in [-0.4, -0.2) is 60.4 Å². The number of hydrogen-bond acceptors (Lipinski definition) is 8. The number of hydrogen-bond donors (Lipinski definition) is 1. The van der Waals surface area contributed by atoms with Crippen LogP contribution in [0.1, 0.15) is 0 Å². The maximum atomic E-state index is 12.8. The van der Waals surface area contributed by atoms with Crippen molar-refractivity contribution in [1.82, 2.24) is 19.5 Å². The van der Waals surface area contributed by atoms with Gasteiger partial charge in [0, 0.05) is 32.4 Å². The number of piperazine rings is 1. The van der Waals surface area contributed by atoms with Crippen LogP contribution in [0.2, 0.25) is 0 Å². The second-order valence-corrected chi connectivity index (χ2v) is 8.97. The van der Waals surface area contributed by atoms with Crippen molar-refractivity contribution >= 4 is 27.5 Å². The topological polar surface area (TPSA) is 101 Å². The molecule has 4 rings (SSSR count). The third-order valence-corrected chi connectivity index (χ3v) is 6.74. The lowest BCUT2D eigenvalue weighted by Crippen LogP contribution is -2.49. The molecule has 3 aromatic rings. The van der Waals surface area contributed by atoms with E-state index in [4.69, 9.17) is 0 Å². The maximum Gasteiger partial charge on any atom is 0.573 e. The van der Waals surface area contributed by atoms with Crippen LogP contribution in [0, 0.1) is 0 Å². The summed E-state index contributed by atoms with van der Waals surface area (Å²) in [7, 11) is -3.85.